The van der Waals surface area contributed by atoms with E-state index in [1.807, 2.05) is 6.07 Å². The Kier molecular flexibility index (Phi) is 6.36. The summed E-state index contributed by atoms with van der Waals surface area (Å²) in [6.07, 6.45) is 4.38. The highest BCUT2D eigenvalue weighted by Gasteiger charge is 2.23. The van der Waals surface area contributed by atoms with E-state index in [1.165, 1.54) is 8.99 Å². The van der Waals surface area contributed by atoms with Gasteiger partial charge in [-0.2, -0.15) is 5.10 Å². The van der Waals surface area contributed by atoms with E-state index in [9.17, 15) is 13.2 Å². The molecule has 0 bridgehead atoms. The zero-order valence-electron chi connectivity index (χ0n) is 14.3. The van der Waals surface area contributed by atoms with Gasteiger partial charge in [0.05, 0.1) is 11.4 Å². The van der Waals surface area contributed by atoms with Crippen LogP contribution in [0, 0.1) is 0 Å². The number of carboxylic acids is 1. The first-order valence-corrected chi connectivity index (χ1v) is 9.76. The lowest BCUT2D eigenvalue weighted by atomic mass is 9.95. The van der Waals surface area contributed by atoms with Gasteiger partial charge in [0.2, 0.25) is 10.0 Å². The topological polar surface area (TPSA) is 95.7 Å². The van der Waals surface area contributed by atoms with Crippen LogP contribution in [0.5, 0.6) is 0 Å². The summed E-state index contributed by atoms with van der Waals surface area (Å²) in [7, 11) is -0.0270. The number of rotatable bonds is 8. The highest BCUT2D eigenvalue weighted by atomic mass is 32.2. The lowest BCUT2D eigenvalue weighted by Crippen LogP contribution is -2.36. The molecule has 2 heterocycles. The molecule has 0 spiro atoms. The van der Waals surface area contributed by atoms with E-state index >= 15 is 0 Å². The zero-order chi connectivity index (χ0) is 17.7. The van der Waals surface area contributed by atoms with Crippen LogP contribution < -0.4 is 0 Å². The largest absolute Gasteiger partial charge is 0.480 e. The first kappa shape index (κ1) is 18.9. The normalized spacial score (nSPS) is 19.7. The van der Waals surface area contributed by atoms with Crippen molar-refractivity contribution in [3.63, 3.8) is 0 Å². The second kappa shape index (κ2) is 8.09. The van der Waals surface area contributed by atoms with Crippen molar-refractivity contribution in [2.75, 3.05) is 39.5 Å². The number of sulfonamides is 1. The Balaban J connectivity index is 1.85. The number of likely N-dealkylation sites (tertiary alicyclic amines) is 1. The van der Waals surface area contributed by atoms with E-state index in [1.54, 1.807) is 20.3 Å². The third-order valence-electron chi connectivity index (χ3n) is 4.32. The van der Waals surface area contributed by atoms with Crippen LogP contribution in [-0.4, -0.2) is 78.0 Å². The number of carbonyl (C=O) groups is 1. The van der Waals surface area contributed by atoms with Gasteiger partial charge in [-0.1, -0.05) is 0 Å². The summed E-state index contributed by atoms with van der Waals surface area (Å²) in [5, 5.41) is 13.2. The standard InChI is InChI=1S/C15H26N4O4S/c1-17(2)24(22,23)10-4-8-18-7-3-5-13(11-18)14-6-9-19(16-14)12-15(20)21/h6,9,13H,3-5,7-8,10-12H2,1-2H3,(H,20,21)/t13-/m1/s1. The van der Waals surface area contributed by atoms with Crippen molar-refractivity contribution < 1.29 is 18.3 Å². The van der Waals surface area contributed by atoms with E-state index in [0.29, 0.717) is 6.42 Å². The average Bonchev–Trinajstić information content (AvgIpc) is 2.95. The summed E-state index contributed by atoms with van der Waals surface area (Å²) in [4.78, 5) is 13.0. The van der Waals surface area contributed by atoms with Crippen molar-refractivity contribution in [3.8, 4) is 0 Å². The number of piperidine rings is 1. The molecule has 2 rings (SSSR count). The summed E-state index contributed by atoms with van der Waals surface area (Å²) in [5.41, 5.74) is 0.918. The van der Waals surface area contributed by atoms with E-state index in [-0.39, 0.29) is 18.2 Å². The molecule has 0 aliphatic carbocycles. The molecule has 1 atom stereocenters. The maximum atomic E-state index is 11.8. The van der Waals surface area contributed by atoms with Crippen molar-refractivity contribution in [2.24, 2.45) is 0 Å². The molecule has 0 radical (unpaired) electrons. The predicted molar refractivity (Wildman–Crippen MR) is 90.4 cm³/mol. The molecule has 1 aliphatic rings. The zero-order valence-corrected chi connectivity index (χ0v) is 15.1. The van der Waals surface area contributed by atoms with Gasteiger partial charge in [0.25, 0.3) is 0 Å². The van der Waals surface area contributed by atoms with Gasteiger partial charge in [0, 0.05) is 32.8 Å². The van der Waals surface area contributed by atoms with Crippen LogP contribution in [0.1, 0.15) is 30.9 Å². The molecule has 1 fully saturated rings. The van der Waals surface area contributed by atoms with Crippen LogP contribution in [0.2, 0.25) is 0 Å². The molecular weight excluding hydrogens is 332 g/mol. The van der Waals surface area contributed by atoms with Gasteiger partial charge in [-0.3, -0.25) is 9.48 Å². The Morgan fingerprint density at radius 3 is 2.88 bits per heavy atom. The van der Waals surface area contributed by atoms with Gasteiger partial charge in [-0.15, -0.1) is 0 Å². The van der Waals surface area contributed by atoms with Crippen LogP contribution in [0.25, 0.3) is 0 Å². The summed E-state index contributed by atoms with van der Waals surface area (Å²) in [5.74, 6) is -0.467. The second-order valence-corrected chi connectivity index (χ2v) is 8.73. The van der Waals surface area contributed by atoms with Crippen molar-refractivity contribution in [2.45, 2.75) is 31.7 Å². The highest BCUT2D eigenvalue weighted by molar-refractivity contribution is 7.89. The molecule has 1 aromatic heterocycles. The Morgan fingerprint density at radius 1 is 1.46 bits per heavy atom. The number of hydrogen-bond donors (Lipinski definition) is 1. The fraction of sp³-hybridized carbons (Fsp3) is 0.733. The first-order chi connectivity index (χ1) is 11.3. The highest BCUT2D eigenvalue weighted by Crippen LogP contribution is 2.25. The van der Waals surface area contributed by atoms with E-state index in [2.05, 4.69) is 10.00 Å². The molecule has 0 saturated carbocycles. The molecule has 1 saturated heterocycles. The fourth-order valence-corrected chi connectivity index (χ4v) is 3.83. The van der Waals surface area contributed by atoms with Gasteiger partial charge in [0.15, 0.2) is 0 Å². The van der Waals surface area contributed by atoms with Crippen molar-refractivity contribution in [3.05, 3.63) is 18.0 Å². The van der Waals surface area contributed by atoms with E-state index in [4.69, 9.17) is 5.11 Å². The first-order valence-electron chi connectivity index (χ1n) is 8.15. The molecular formula is C15H26N4O4S. The van der Waals surface area contributed by atoms with Gasteiger partial charge in [0.1, 0.15) is 6.54 Å². The molecule has 136 valence electrons. The molecule has 24 heavy (non-hydrogen) atoms. The van der Waals surface area contributed by atoms with Crippen molar-refractivity contribution in [1.29, 1.82) is 0 Å². The summed E-state index contributed by atoms with van der Waals surface area (Å²) >= 11 is 0. The number of aliphatic carboxylic acids is 1. The van der Waals surface area contributed by atoms with Gasteiger partial charge in [-0.05, 0) is 38.4 Å². The number of carboxylic acid groups (broad SMARTS) is 1. The number of aromatic nitrogens is 2. The molecule has 0 unspecified atom stereocenters. The second-order valence-electron chi connectivity index (χ2n) is 6.42. The maximum absolute atomic E-state index is 11.8. The van der Waals surface area contributed by atoms with Gasteiger partial charge < -0.3 is 10.0 Å². The van der Waals surface area contributed by atoms with Gasteiger partial charge >= 0.3 is 5.97 Å². The molecule has 9 heteroatoms. The fourth-order valence-electron chi connectivity index (χ4n) is 2.97. The molecule has 1 aliphatic heterocycles. The van der Waals surface area contributed by atoms with Gasteiger partial charge in [-0.25, -0.2) is 12.7 Å². The maximum Gasteiger partial charge on any atom is 0.325 e. The summed E-state index contributed by atoms with van der Waals surface area (Å²) in [6, 6.07) is 1.88. The number of hydrogen-bond acceptors (Lipinski definition) is 5. The van der Waals surface area contributed by atoms with Crippen molar-refractivity contribution >= 4 is 16.0 Å². The monoisotopic (exact) mass is 358 g/mol. The molecule has 8 nitrogen and oxygen atoms in total. The third-order valence-corrected chi connectivity index (χ3v) is 6.23. The van der Waals surface area contributed by atoms with Crippen LogP contribution in [0.15, 0.2) is 12.3 Å². The summed E-state index contributed by atoms with van der Waals surface area (Å²) in [6.45, 7) is 2.43. The van der Waals surface area contributed by atoms with E-state index < -0.39 is 16.0 Å². The SMILES string of the molecule is CN(C)S(=O)(=O)CCCN1CCC[C@@H](c2ccn(CC(=O)O)n2)C1. The minimum absolute atomic E-state index is 0.126. The quantitative estimate of drug-likeness (QED) is 0.724. The molecule has 1 N–H and O–H groups in total. The molecule has 0 aromatic carbocycles. The lowest BCUT2D eigenvalue weighted by Gasteiger charge is -2.32. The minimum Gasteiger partial charge on any atom is -0.480 e. The number of nitrogens with zero attached hydrogens (tertiary/aromatic N) is 4. The Bertz CT molecular complexity index is 656. The molecule has 1 aromatic rings. The Hall–Kier alpha value is -1.45. The lowest BCUT2D eigenvalue weighted by molar-refractivity contribution is -0.137. The summed E-state index contributed by atoms with van der Waals surface area (Å²) < 4.78 is 26.3. The van der Waals surface area contributed by atoms with Crippen LogP contribution in [0.3, 0.4) is 0 Å². The van der Waals surface area contributed by atoms with E-state index in [0.717, 1.165) is 38.2 Å². The average molecular weight is 358 g/mol. The smallest absolute Gasteiger partial charge is 0.325 e. The molecule has 0 amide bonds. The Morgan fingerprint density at radius 2 is 2.21 bits per heavy atom. The third kappa shape index (κ3) is 5.29. The predicted octanol–water partition coefficient (Wildman–Crippen LogP) is 0.429. The van der Waals surface area contributed by atoms with Crippen LogP contribution in [-0.2, 0) is 21.4 Å². The Labute approximate surface area is 143 Å². The van der Waals surface area contributed by atoms with Crippen LogP contribution in [0.4, 0.5) is 0 Å². The van der Waals surface area contributed by atoms with Crippen molar-refractivity contribution in [1.82, 2.24) is 19.0 Å². The minimum atomic E-state index is -3.14. The van der Waals surface area contributed by atoms with Crippen LogP contribution >= 0.6 is 0 Å².